The minimum absolute atomic E-state index is 0.211. The quantitative estimate of drug-likeness (QED) is 0.714. The Morgan fingerprint density at radius 3 is 2.90 bits per heavy atom. The van der Waals surface area contributed by atoms with Crippen LogP contribution in [-0.4, -0.2) is 29.0 Å². The number of nitrogens with one attached hydrogen (secondary N) is 3. The van der Waals surface area contributed by atoms with E-state index in [1.54, 1.807) is 6.08 Å². The lowest BCUT2D eigenvalue weighted by molar-refractivity contribution is -0.137. The Morgan fingerprint density at radius 2 is 2.23 bits per heavy atom. The molecule has 2 aliphatic rings. The number of fused-ring (bicyclic) bond motifs is 1. The lowest BCUT2D eigenvalue weighted by atomic mass is 9.90. The molecule has 2 aromatic heterocycles. The number of hydrogen-bond acceptors (Lipinski definition) is 6. The first-order chi connectivity index (χ1) is 14.4. The molecule has 4 heterocycles. The number of rotatable bonds is 4. The van der Waals surface area contributed by atoms with Gasteiger partial charge in [-0.2, -0.15) is 18.4 Å². The van der Waals surface area contributed by atoms with Crippen LogP contribution in [0.15, 0.2) is 59.2 Å². The fraction of sp³-hybridized carbons (Fsp3) is 0.250. The number of hydrogen-bond donors (Lipinski definition) is 3. The zero-order valence-corrected chi connectivity index (χ0v) is 15.8. The van der Waals surface area contributed by atoms with Gasteiger partial charge in [0, 0.05) is 35.1 Å². The van der Waals surface area contributed by atoms with Crippen LogP contribution in [0, 0.1) is 11.3 Å². The summed E-state index contributed by atoms with van der Waals surface area (Å²) in [4.78, 5) is 11.6. The van der Waals surface area contributed by atoms with Gasteiger partial charge in [-0.1, -0.05) is 6.92 Å². The monoisotopic (exact) mass is 414 g/mol. The van der Waals surface area contributed by atoms with Crippen LogP contribution in [-0.2, 0) is 16.6 Å². The smallest absolute Gasteiger partial charge is 0.417 e. The number of ether oxygens (including phenoxy) is 1. The average Bonchev–Trinajstić information content (AvgIpc) is 3.18. The largest absolute Gasteiger partial charge is 0.497 e. The van der Waals surface area contributed by atoms with E-state index >= 15 is 0 Å². The van der Waals surface area contributed by atoms with Crippen molar-refractivity contribution < 1.29 is 17.9 Å². The highest BCUT2D eigenvalue weighted by atomic mass is 19.4. The van der Waals surface area contributed by atoms with Gasteiger partial charge in [-0.05, 0) is 24.8 Å². The van der Waals surface area contributed by atoms with Crippen molar-refractivity contribution in [1.82, 2.24) is 20.6 Å². The van der Waals surface area contributed by atoms with Crippen LogP contribution in [0.3, 0.4) is 0 Å². The van der Waals surface area contributed by atoms with Crippen molar-refractivity contribution in [2.45, 2.75) is 18.8 Å². The molecule has 0 saturated heterocycles. The highest BCUT2D eigenvalue weighted by molar-refractivity contribution is 6.03. The Morgan fingerprint density at radius 1 is 1.40 bits per heavy atom. The van der Waals surface area contributed by atoms with Crippen molar-refractivity contribution in [3.63, 3.8) is 0 Å². The summed E-state index contributed by atoms with van der Waals surface area (Å²) in [6.07, 6.45) is 4.33. The predicted molar refractivity (Wildman–Crippen MR) is 104 cm³/mol. The number of likely N-dealkylation sites (N-methyl/N-ethyl adjacent to an activating group) is 1. The molecule has 0 saturated carbocycles. The number of aliphatic imine (C=N–C) groups is 1. The molecule has 4 rings (SSSR count). The molecule has 154 valence electrons. The molecular formula is C20H17F3N6O. The van der Waals surface area contributed by atoms with Crippen molar-refractivity contribution in [2.24, 2.45) is 4.99 Å². The Balaban J connectivity index is 1.95. The number of alkyl halides is 3. The molecular weight excluding hydrogens is 397 g/mol. The summed E-state index contributed by atoms with van der Waals surface area (Å²) in [5, 5.41) is 16.2. The zero-order chi connectivity index (χ0) is 21.4. The maximum Gasteiger partial charge on any atom is 0.417 e. The first kappa shape index (κ1) is 19.7. The Hall–Kier alpha value is -3.58. The van der Waals surface area contributed by atoms with Gasteiger partial charge in [0.15, 0.2) is 5.66 Å². The summed E-state index contributed by atoms with van der Waals surface area (Å²) >= 11 is 0. The van der Waals surface area contributed by atoms with Gasteiger partial charge in [-0.15, -0.1) is 0 Å². The Bertz CT molecular complexity index is 1150. The fourth-order valence-corrected chi connectivity index (χ4v) is 3.47. The molecule has 1 atom stereocenters. The summed E-state index contributed by atoms with van der Waals surface area (Å²) in [6, 6.07) is 3.13. The van der Waals surface area contributed by atoms with Crippen molar-refractivity contribution in [3.05, 3.63) is 65.3 Å². The van der Waals surface area contributed by atoms with Crippen LogP contribution in [0.2, 0.25) is 0 Å². The molecule has 7 nitrogen and oxygen atoms in total. The Labute approximate surface area is 169 Å². The van der Waals surface area contributed by atoms with E-state index in [9.17, 15) is 18.4 Å². The number of nitriles is 1. The van der Waals surface area contributed by atoms with Crippen LogP contribution >= 0.6 is 0 Å². The summed E-state index contributed by atoms with van der Waals surface area (Å²) in [6.45, 7) is 2.60. The molecule has 0 radical (unpaired) electrons. The lowest BCUT2D eigenvalue weighted by Gasteiger charge is -2.34. The van der Waals surface area contributed by atoms with Gasteiger partial charge in [-0.3, -0.25) is 5.32 Å². The average molecular weight is 414 g/mol. The van der Waals surface area contributed by atoms with E-state index in [4.69, 9.17) is 9.73 Å². The van der Waals surface area contributed by atoms with Gasteiger partial charge in [0.1, 0.15) is 24.2 Å². The maximum atomic E-state index is 13.3. The van der Waals surface area contributed by atoms with Gasteiger partial charge in [0.2, 0.25) is 0 Å². The fourth-order valence-electron chi connectivity index (χ4n) is 3.47. The third kappa shape index (κ3) is 3.23. The van der Waals surface area contributed by atoms with E-state index in [2.05, 4.69) is 26.7 Å². The summed E-state index contributed by atoms with van der Waals surface area (Å²) in [7, 11) is 0. The van der Waals surface area contributed by atoms with Crippen molar-refractivity contribution in [3.8, 4) is 6.07 Å². The van der Waals surface area contributed by atoms with E-state index in [0.29, 0.717) is 24.6 Å². The maximum absolute atomic E-state index is 13.3. The van der Waals surface area contributed by atoms with E-state index < -0.39 is 17.4 Å². The van der Waals surface area contributed by atoms with Gasteiger partial charge < -0.3 is 15.0 Å². The van der Waals surface area contributed by atoms with E-state index in [-0.39, 0.29) is 16.6 Å². The third-order valence-corrected chi connectivity index (χ3v) is 4.84. The van der Waals surface area contributed by atoms with E-state index in [1.807, 2.05) is 13.0 Å². The zero-order valence-electron chi connectivity index (χ0n) is 15.8. The SMILES string of the molecule is CCNC1(c2c[nH]c3ncc(C(F)(F)F)cc23)N=C(C2=CCOC=C2)NC=C1C#N. The molecule has 2 aliphatic heterocycles. The van der Waals surface area contributed by atoms with Crippen LogP contribution in [0.25, 0.3) is 11.0 Å². The minimum Gasteiger partial charge on any atom is -0.497 e. The molecule has 2 aromatic rings. The number of aromatic nitrogens is 2. The Kier molecular flexibility index (Phi) is 4.83. The summed E-state index contributed by atoms with van der Waals surface area (Å²) in [5.41, 5.74) is -0.664. The number of amidine groups is 1. The van der Waals surface area contributed by atoms with E-state index in [1.165, 1.54) is 18.7 Å². The molecule has 0 spiro atoms. The summed E-state index contributed by atoms with van der Waals surface area (Å²) in [5.74, 6) is 0.462. The number of pyridine rings is 1. The van der Waals surface area contributed by atoms with Gasteiger partial charge in [-0.25, -0.2) is 9.98 Å². The van der Waals surface area contributed by atoms with Crippen LogP contribution in [0.4, 0.5) is 13.2 Å². The van der Waals surface area contributed by atoms with Crippen LogP contribution < -0.4 is 10.6 Å². The normalized spacial score (nSPS) is 21.2. The molecule has 0 aliphatic carbocycles. The second-order valence-corrected chi connectivity index (χ2v) is 6.63. The van der Waals surface area contributed by atoms with Crippen molar-refractivity contribution >= 4 is 16.9 Å². The number of nitrogens with zero attached hydrogens (tertiary/aromatic N) is 3. The molecule has 10 heteroatoms. The molecule has 1 unspecified atom stereocenters. The number of H-pyrrole nitrogens is 1. The van der Waals surface area contributed by atoms with Gasteiger partial charge in [0.25, 0.3) is 0 Å². The summed E-state index contributed by atoms with van der Waals surface area (Å²) < 4.78 is 45.0. The minimum atomic E-state index is -4.55. The second kappa shape index (κ2) is 7.35. The molecule has 0 aromatic carbocycles. The molecule has 0 amide bonds. The number of halogens is 3. The van der Waals surface area contributed by atoms with Crippen LogP contribution in [0.1, 0.15) is 18.1 Å². The molecule has 0 bridgehead atoms. The van der Waals surface area contributed by atoms with Gasteiger partial charge in [0.05, 0.1) is 17.4 Å². The predicted octanol–water partition coefficient (Wildman–Crippen LogP) is 3.22. The molecule has 3 N–H and O–H groups in total. The lowest BCUT2D eigenvalue weighted by Crippen LogP contribution is -2.47. The van der Waals surface area contributed by atoms with E-state index in [0.717, 1.165) is 17.8 Å². The molecule has 0 fully saturated rings. The van der Waals surface area contributed by atoms with Crippen molar-refractivity contribution in [1.29, 1.82) is 5.26 Å². The first-order valence-corrected chi connectivity index (χ1v) is 9.14. The highest BCUT2D eigenvalue weighted by Crippen LogP contribution is 2.39. The topological polar surface area (TPSA) is 98.1 Å². The standard InChI is InChI=1S/C20H17F3N6O/c1-2-28-19(14(8-24)10-25-17(29-19)12-3-5-30-6-4-12)16-11-27-18-15(16)7-13(9-26-18)20(21,22)23/h3-5,7,9-11,28H,2,6H2,1H3,(H,25,29)(H,26,27). The number of aromatic amines is 1. The second-order valence-electron chi connectivity index (χ2n) is 6.63. The third-order valence-electron chi connectivity index (χ3n) is 4.84. The molecule has 30 heavy (non-hydrogen) atoms. The first-order valence-electron chi connectivity index (χ1n) is 9.14. The highest BCUT2D eigenvalue weighted by Gasteiger charge is 2.41. The van der Waals surface area contributed by atoms with Crippen LogP contribution in [0.5, 0.6) is 0 Å². The van der Waals surface area contributed by atoms with Gasteiger partial charge >= 0.3 is 6.18 Å². The van der Waals surface area contributed by atoms with Crippen molar-refractivity contribution in [2.75, 3.05) is 13.2 Å².